The van der Waals surface area contributed by atoms with Gasteiger partial charge in [0.15, 0.2) is 5.01 Å². The molecule has 9 heteroatoms. The van der Waals surface area contributed by atoms with Crippen molar-refractivity contribution in [3.63, 3.8) is 0 Å². The van der Waals surface area contributed by atoms with E-state index in [2.05, 4.69) is 10.2 Å². The Kier molecular flexibility index (Phi) is 5.55. The van der Waals surface area contributed by atoms with E-state index < -0.39 is 23.5 Å². The Morgan fingerprint density at radius 1 is 1.27 bits per heavy atom. The van der Waals surface area contributed by atoms with Crippen molar-refractivity contribution in [3.8, 4) is 10.6 Å². The summed E-state index contributed by atoms with van der Waals surface area (Å²) in [6, 6.07) is 3.34. The number of rotatable bonds is 3. The van der Waals surface area contributed by atoms with E-state index in [4.69, 9.17) is 4.74 Å². The van der Waals surface area contributed by atoms with Gasteiger partial charge in [0.05, 0.1) is 6.61 Å². The first kappa shape index (κ1) is 18.4. The van der Waals surface area contributed by atoms with Crippen LogP contribution in [0.5, 0.6) is 0 Å². The second-order valence-electron chi connectivity index (χ2n) is 5.86. The number of piperidine rings is 1. The third-order valence-electron chi connectivity index (χ3n) is 4.18. The maximum atomic E-state index is 13.9. The molecule has 0 saturated carbocycles. The van der Waals surface area contributed by atoms with E-state index >= 15 is 0 Å². The molecule has 1 aromatic carbocycles. The number of hydrogen-bond acceptors (Lipinski definition) is 6. The Bertz CT molecular complexity index is 819. The van der Waals surface area contributed by atoms with Gasteiger partial charge in [0.1, 0.15) is 16.6 Å². The van der Waals surface area contributed by atoms with Crippen LogP contribution in [0.2, 0.25) is 0 Å². The molecule has 3 rings (SSSR count). The number of amides is 1. The molecule has 0 N–H and O–H groups in total. The van der Waals surface area contributed by atoms with E-state index in [9.17, 15) is 18.4 Å². The summed E-state index contributed by atoms with van der Waals surface area (Å²) in [5.41, 5.74) is 0.213. The molecule has 26 heavy (non-hydrogen) atoms. The Hall–Kier alpha value is -2.42. The van der Waals surface area contributed by atoms with Crippen LogP contribution in [-0.4, -0.2) is 46.7 Å². The van der Waals surface area contributed by atoms with Crippen LogP contribution >= 0.6 is 11.3 Å². The highest BCUT2D eigenvalue weighted by molar-refractivity contribution is 7.14. The molecule has 138 valence electrons. The summed E-state index contributed by atoms with van der Waals surface area (Å²) in [5.74, 6) is -2.71. The minimum absolute atomic E-state index is 0.0796. The van der Waals surface area contributed by atoms with Crippen molar-refractivity contribution in [1.29, 1.82) is 0 Å². The van der Waals surface area contributed by atoms with Gasteiger partial charge in [0.2, 0.25) is 0 Å². The van der Waals surface area contributed by atoms with Crippen molar-refractivity contribution in [2.75, 3.05) is 19.7 Å². The molecule has 6 nitrogen and oxygen atoms in total. The topological polar surface area (TPSA) is 72.4 Å². The van der Waals surface area contributed by atoms with Gasteiger partial charge in [-0.05, 0) is 31.9 Å². The van der Waals surface area contributed by atoms with Gasteiger partial charge in [0.25, 0.3) is 0 Å². The quantitative estimate of drug-likeness (QED) is 0.604. The smallest absolute Gasteiger partial charge is 0.397 e. The first-order chi connectivity index (χ1) is 12.5. The number of benzene rings is 1. The van der Waals surface area contributed by atoms with Gasteiger partial charge < -0.3 is 9.64 Å². The molecule has 0 unspecified atom stereocenters. The maximum absolute atomic E-state index is 13.9. The number of halogens is 2. The minimum Gasteiger partial charge on any atom is -0.459 e. The van der Waals surface area contributed by atoms with E-state index in [1.165, 1.54) is 28.4 Å². The second-order valence-corrected chi connectivity index (χ2v) is 6.87. The fourth-order valence-electron chi connectivity index (χ4n) is 2.82. The van der Waals surface area contributed by atoms with Crippen LogP contribution in [0.15, 0.2) is 18.2 Å². The van der Waals surface area contributed by atoms with Crippen LogP contribution < -0.4 is 0 Å². The summed E-state index contributed by atoms with van der Waals surface area (Å²) in [6.07, 6.45) is 1.26. The molecule has 1 aliphatic rings. The lowest BCUT2D eigenvalue weighted by Gasteiger charge is -2.30. The number of nitrogens with zero attached hydrogens (tertiary/aromatic N) is 3. The summed E-state index contributed by atoms with van der Waals surface area (Å²) in [7, 11) is 0. The van der Waals surface area contributed by atoms with Crippen LogP contribution in [-0.2, 0) is 14.3 Å². The highest BCUT2D eigenvalue weighted by Crippen LogP contribution is 2.34. The molecule has 0 aliphatic carbocycles. The van der Waals surface area contributed by atoms with Gasteiger partial charge in [-0.1, -0.05) is 11.3 Å². The Morgan fingerprint density at radius 2 is 2.00 bits per heavy atom. The molecule has 1 aliphatic heterocycles. The standard InChI is InChI=1S/C17H17F2N3O3S/c1-2-25-17(24)16(23)22-7-5-10(6-8-22)14-20-21-15(26-14)12-4-3-11(18)9-13(12)19/h3-4,9-10H,2,5-8H2,1H3. The van der Waals surface area contributed by atoms with Crippen molar-refractivity contribution in [2.45, 2.75) is 25.7 Å². The van der Waals surface area contributed by atoms with Gasteiger partial charge in [-0.15, -0.1) is 10.2 Å². The van der Waals surface area contributed by atoms with Crippen LogP contribution in [0.1, 0.15) is 30.7 Å². The number of likely N-dealkylation sites (tertiary alicyclic amines) is 1. The fourth-order valence-corrected chi connectivity index (χ4v) is 3.86. The fraction of sp³-hybridized carbons (Fsp3) is 0.412. The van der Waals surface area contributed by atoms with Crippen LogP contribution in [0.3, 0.4) is 0 Å². The molecular formula is C17H17F2N3O3S. The van der Waals surface area contributed by atoms with Crippen LogP contribution in [0.25, 0.3) is 10.6 Å². The lowest BCUT2D eigenvalue weighted by Crippen LogP contribution is -2.42. The second kappa shape index (κ2) is 7.86. The Labute approximate surface area is 152 Å². The number of esters is 1. The number of carbonyl (C=O) groups is 2. The number of aromatic nitrogens is 2. The van der Waals surface area contributed by atoms with Crippen molar-refractivity contribution < 1.29 is 23.1 Å². The average molecular weight is 381 g/mol. The van der Waals surface area contributed by atoms with Gasteiger partial charge in [-0.3, -0.25) is 4.79 Å². The van der Waals surface area contributed by atoms with E-state index in [1.54, 1.807) is 6.92 Å². The van der Waals surface area contributed by atoms with E-state index in [0.717, 1.165) is 11.1 Å². The summed E-state index contributed by atoms with van der Waals surface area (Å²) in [6.45, 7) is 2.65. The predicted molar refractivity (Wildman–Crippen MR) is 90.4 cm³/mol. The molecule has 1 fully saturated rings. The SMILES string of the molecule is CCOC(=O)C(=O)N1CCC(c2nnc(-c3ccc(F)cc3F)s2)CC1. The zero-order valence-electron chi connectivity index (χ0n) is 14.1. The monoisotopic (exact) mass is 381 g/mol. The van der Waals surface area contributed by atoms with Crippen molar-refractivity contribution in [1.82, 2.24) is 15.1 Å². The zero-order valence-corrected chi connectivity index (χ0v) is 14.9. The maximum Gasteiger partial charge on any atom is 0.397 e. The highest BCUT2D eigenvalue weighted by atomic mass is 32.1. The van der Waals surface area contributed by atoms with Crippen molar-refractivity contribution >= 4 is 23.2 Å². The van der Waals surface area contributed by atoms with Gasteiger partial charge in [-0.2, -0.15) is 0 Å². The molecule has 0 atom stereocenters. The third kappa shape index (κ3) is 3.87. The number of carbonyl (C=O) groups excluding carboxylic acids is 2. The molecule has 0 spiro atoms. The molecule has 0 bridgehead atoms. The van der Waals surface area contributed by atoms with Crippen molar-refractivity contribution in [3.05, 3.63) is 34.8 Å². The van der Waals surface area contributed by atoms with E-state index in [0.29, 0.717) is 30.9 Å². The van der Waals surface area contributed by atoms with Gasteiger partial charge in [0, 0.05) is 30.6 Å². The largest absolute Gasteiger partial charge is 0.459 e. The third-order valence-corrected chi connectivity index (χ3v) is 5.30. The summed E-state index contributed by atoms with van der Waals surface area (Å²) in [5, 5.41) is 9.27. The molecular weight excluding hydrogens is 364 g/mol. The molecule has 0 radical (unpaired) electrons. The molecule has 1 saturated heterocycles. The minimum atomic E-state index is -0.837. The lowest BCUT2D eigenvalue weighted by atomic mass is 9.97. The molecule has 1 aromatic heterocycles. The predicted octanol–water partition coefficient (Wildman–Crippen LogP) is 2.75. The Morgan fingerprint density at radius 3 is 2.65 bits per heavy atom. The normalized spacial score (nSPS) is 15.1. The molecule has 2 heterocycles. The van der Waals surface area contributed by atoms with E-state index in [-0.39, 0.29) is 18.1 Å². The lowest BCUT2D eigenvalue weighted by molar-refractivity contribution is -0.160. The van der Waals surface area contributed by atoms with Crippen molar-refractivity contribution in [2.24, 2.45) is 0 Å². The summed E-state index contributed by atoms with van der Waals surface area (Å²) < 4.78 is 31.6. The van der Waals surface area contributed by atoms with Crippen LogP contribution in [0.4, 0.5) is 8.78 Å². The molecule has 2 aromatic rings. The summed E-state index contributed by atoms with van der Waals surface area (Å²) in [4.78, 5) is 24.9. The first-order valence-corrected chi connectivity index (χ1v) is 9.06. The number of ether oxygens (including phenoxy) is 1. The van der Waals surface area contributed by atoms with Crippen LogP contribution in [0, 0.1) is 11.6 Å². The first-order valence-electron chi connectivity index (χ1n) is 8.24. The van der Waals surface area contributed by atoms with Gasteiger partial charge in [-0.25, -0.2) is 13.6 Å². The average Bonchev–Trinajstić information content (AvgIpc) is 3.11. The summed E-state index contributed by atoms with van der Waals surface area (Å²) >= 11 is 1.26. The number of hydrogen-bond donors (Lipinski definition) is 0. The zero-order chi connectivity index (χ0) is 18.7. The Balaban J connectivity index is 1.65. The molecule has 1 amide bonds. The van der Waals surface area contributed by atoms with Gasteiger partial charge >= 0.3 is 11.9 Å². The highest BCUT2D eigenvalue weighted by Gasteiger charge is 2.30. The van der Waals surface area contributed by atoms with E-state index in [1.807, 2.05) is 0 Å².